The van der Waals surface area contributed by atoms with E-state index in [-0.39, 0.29) is 0 Å². The number of benzene rings is 2. The zero-order chi connectivity index (χ0) is 20.3. The summed E-state index contributed by atoms with van der Waals surface area (Å²) in [6.45, 7) is 1.74. The van der Waals surface area contributed by atoms with E-state index in [1.165, 1.54) is 12.1 Å². The molecule has 0 aromatic heterocycles. The molecule has 1 aliphatic heterocycles. The van der Waals surface area contributed by atoms with E-state index >= 15 is 0 Å². The molecule has 2 aromatic carbocycles. The molecule has 1 saturated heterocycles. The van der Waals surface area contributed by atoms with E-state index in [2.05, 4.69) is 15.8 Å². The lowest BCUT2D eigenvalue weighted by molar-refractivity contribution is -0.131. The summed E-state index contributed by atoms with van der Waals surface area (Å²) in [6.07, 6.45) is 0.989. The Balaban J connectivity index is 1.76. The number of carbonyl (C=O) groups is 4. The molecular weight excluding hydrogens is 384 g/mol. The van der Waals surface area contributed by atoms with Crippen molar-refractivity contribution in [3.8, 4) is 0 Å². The fourth-order valence-electron chi connectivity index (χ4n) is 2.60. The number of barbiturate groups is 1. The fraction of sp³-hybridized carbons (Fsp3) is 0.105. The zero-order valence-electron chi connectivity index (χ0n) is 14.7. The van der Waals surface area contributed by atoms with Crippen molar-refractivity contribution in [2.75, 3.05) is 4.90 Å². The van der Waals surface area contributed by atoms with Crippen LogP contribution < -0.4 is 15.6 Å². The van der Waals surface area contributed by atoms with E-state index < -0.39 is 29.7 Å². The Bertz CT molecular complexity index is 988. The van der Waals surface area contributed by atoms with Crippen molar-refractivity contribution in [2.24, 2.45) is 11.0 Å². The third-order valence-electron chi connectivity index (χ3n) is 4.05. The minimum absolute atomic E-state index is 0.303. The summed E-state index contributed by atoms with van der Waals surface area (Å²) in [6, 6.07) is 12.0. The zero-order valence-corrected chi connectivity index (χ0v) is 15.4. The summed E-state index contributed by atoms with van der Waals surface area (Å²) < 4.78 is 0. The predicted molar refractivity (Wildman–Crippen MR) is 103 cm³/mol. The quantitative estimate of drug-likeness (QED) is 0.467. The van der Waals surface area contributed by atoms with Crippen LogP contribution in [-0.2, 0) is 9.59 Å². The number of halogens is 1. The van der Waals surface area contributed by atoms with Gasteiger partial charge in [0.1, 0.15) is 0 Å². The maximum Gasteiger partial charge on any atom is 0.335 e. The van der Waals surface area contributed by atoms with Gasteiger partial charge in [0, 0.05) is 16.8 Å². The lowest BCUT2D eigenvalue weighted by Gasteiger charge is -2.29. The topological polar surface area (TPSA) is 108 Å². The van der Waals surface area contributed by atoms with Crippen LogP contribution in [0.2, 0.25) is 5.02 Å². The van der Waals surface area contributed by atoms with Crippen molar-refractivity contribution < 1.29 is 19.2 Å². The third-order valence-corrected chi connectivity index (χ3v) is 4.31. The van der Waals surface area contributed by atoms with Crippen LogP contribution >= 0.6 is 11.6 Å². The van der Waals surface area contributed by atoms with Crippen LogP contribution in [0, 0.1) is 12.8 Å². The van der Waals surface area contributed by atoms with Crippen LogP contribution in [0.5, 0.6) is 0 Å². The molecule has 2 N–H and O–H groups in total. The maximum absolute atomic E-state index is 12.7. The molecule has 28 heavy (non-hydrogen) atoms. The average molecular weight is 399 g/mol. The number of nitrogens with zero attached hydrogens (tertiary/aromatic N) is 2. The summed E-state index contributed by atoms with van der Waals surface area (Å²) in [5.74, 6) is -3.47. The Labute approximate surface area is 165 Å². The first-order valence-corrected chi connectivity index (χ1v) is 8.60. The molecular formula is C19H15ClN4O4. The van der Waals surface area contributed by atoms with Crippen molar-refractivity contribution in [1.82, 2.24) is 10.7 Å². The summed E-state index contributed by atoms with van der Waals surface area (Å²) in [5.41, 5.74) is 3.59. The van der Waals surface area contributed by atoms with Crippen molar-refractivity contribution in [1.29, 1.82) is 0 Å². The number of imide groups is 2. The number of rotatable bonds is 4. The normalized spacial score (nSPS) is 17.0. The Hall–Kier alpha value is -3.52. The number of anilines is 1. The molecule has 0 spiro atoms. The number of hydrogen-bond acceptors (Lipinski definition) is 5. The molecule has 8 nitrogen and oxygen atoms in total. The molecule has 0 saturated carbocycles. The van der Waals surface area contributed by atoms with Crippen LogP contribution in [-0.4, -0.2) is 30.0 Å². The van der Waals surface area contributed by atoms with Crippen LogP contribution in [0.1, 0.15) is 15.9 Å². The molecule has 3 rings (SSSR count). The summed E-state index contributed by atoms with van der Waals surface area (Å²) in [5, 5.41) is 6.29. The molecule has 0 radical (unpaired) electrons. The number of amides is 5. The maximum atomic E-state index is 12.7. The number of para-hydroxylation sites is 1. The van der Waals surface area contributed by atoms with E-state index in [0.717, 1.165) is 11.1 Å². The minimum Gasteiger partial charge on any atom is -0.276 e. The molecule has 0 aliphatic carbocycles. The second kappa shape index (κ2) is 8.01. The lowest BCUT2D eigenvalue weighted by atomic mass is 10.0. The van der Waals surface area contributed by atoms with Crippen LogP contribution in [0.4, 0.5) is 10.5 Å². The van der Waals surface area contributed by atoms with Crippen molar-refractivity contribution in [3.05, 3.63) is 64.7 Å². The van der Waals surface area contributed by atoms with Gasteiger partial charge in [-0.15, -0.1) is 0 Å². The molecule has 1 heterocycles. The molecule has 5 amide bonds. The lowest BCUT2D eigenvalue weighted by Crippen LogP contribution is -2.59. The number of carbonyl (C=O) groups excluding carboxylic acids is 4. The third kappa shape index (κ3) is 3.91. The second-order valence-electron chi connectivity index (χ2n) is 5.96. The summed E-state index contributed by atoms with van der Waals surface area (Å²) >= 11 is 5.77. The highest BCUT2D eigenvalue weighted by Gasteiger charge is 2.40. The van der Waals surface area contributed by atoms with E-state index in [1.807, 2.05) is 0 Å². The van der Waals surface area contributed by atoms with Gasteiger partial charge < -0.3 is 0 Å². The van der Waals surface area contributed by atoms with E-state index in [1.54, 1.807) is 43.3 Å². The Kier molecular flexibility index (Phi) is 5.51. The van der Waals surface area contributed by atoms with Crippen molar-refractivity contribution in [3.63, 3.8) is 0 Å². The number of hydrogen-bond donors (Lipinski definition) is 2. The molecule has 2 aromatic rings. The van der Waals surface area contributed by atoms with Gasteiger partial charge in [-0.25, -0.2) is 15.1 Å². The first kappa shape index (κ1) is 19.2. The number of aryl methyl sites for hydroxylation is 1. The van der Waals surface area contributed by atoms with E-state index in [0.29, 0.717) is 21.8 Å². The number of nitrogens with one attached hydrogen (secondary N) is 2. The van der Waals surface area contributed by atoms with Gasteiger partial charge in [0.15, 0.2) is 5.92 Å². The van der Waals surface area contributed by atoms with Crippen molar-refractivity contribution in [2.45, 2.75) is 6.92 Å². The van der Waals surface area contributed by atoms with Crippen molar-refractivity contribution >= 4 is 47.3 Å². The molecule has 1 aliphatic rings. The van der Waals surface area contributed by atoms with Gasteiger partial charge in [-0.3, -0.25) is 19.7 Å². The summed E-state index contributed by atoms with van der Waals surface area (Å²) in [4.78, 5) is 49.8. The fourth-order valence-corrected chi connectivity index (χ4v) is 2.73. The molecule has 0 bridgehead atoms. The Morgan fingerprint density at radius 2 is 1.82 bits per heavy atom. The average Bonchev–Trinajstić information content (AvgIpc) is 2.66. The molecule has 1 atom stereocenters. The van der Waals surface area contributed by atoms with Gasteiger partial charge in [0.25, 0.3) is 11.8 Å². The highest BCUT2D eigenvalue weighted by atomic mass is 35.5. The van der Waals surface area contributed by atoms with Gasteiger partial charge in [0.05, 0.1) is 5.69 Å². The summed E-state index contributed by atoms with van der Waals surface area (Å²) in [7, 11) is 0. The molecule has 1 fully saturated rings. The van der Waals surface area contributed by atoms with Crippen LogP contribution in [0.15, 0.2) is 53.6 Å². The van der Waals surface area contributed by atoms with Gasteiger partial charge in [-0.2, -0.15) is 5.10 Å². The first-order valence-electron chi connectivity index (χ1n) is 8.22. The van der Waals surface area contributed by atoms with Gasteiger partial charge in [0.2, 0.25) is 5.91 Å². The van der Waals surface area contributed by atoms with Gasteiger partial charge >= 0.3 is 6.03 Å². The monoisotopic (exact) mass is 398 g/mol. The van der Waals surface area contributed by atoms with Crippen LogP contribution in [0.3, 0.4) is 0 Å². The molecule has 0 unspecified atom stereocenters. The Morgan fingerprint density at radius 3 is 2.50 bits per heavy atom. The van der Waals surface area contributed by atoms with Gasteiger partial charge in [-0.1, -0.05) is 29.8 Å². The largest absolute Gasteiger partial charge is 0.335 e. The van der Waals surface area contributed by atoms with Crippen LogP contribution in [0.25, 0.3) is 0 Å². The smallest absolute Gasteiger partial charge is 0.276 e. The second-order valence-corrected chi connectivity index (χ2v) is 6.39. The molecule has 142 valence electrons. The highest BCUT2D eigenvalue weighted by molar-refractivity contribution is 6.32. The Morgan fingerprint density at radius 1 is 1.14 bits per heavy atom. The minimum atomic E-state index is -1.36. The first-order chi connectivity index (χ1) is 13.4. The van der Waals surface area contributed by atoms with E-state index in [4.69, 9.17) is 11.6 Å². The van der Waals surface area contributed by atoms with Gasteiger partial charge in [-0.05, 0) is 42.8 Å². The standard InChI is InChI=1S/C19H15ClN4O4/c1-11-4-2-3-5-15(11)24-18(27)14(17(26)22-19(24)28)10-21-23-16(25)12-6-8-13(20)9-7-12/h2-10,14H,1H3,(H,23,25)(H,22,26,28)/b21-10-/t14-/m0/s1. The SMILES string of the molecule is Cc1ccccc1N1C(=O)NC(=O)[C@H](/C=N\NC(=O)c2ccc(Cl)cc2)C1=O. The predicted octanol–water partition coefficient (Wildman–Crippen LogP) is 2.26. The highest BCUT2D eigenvalue weighted by Crippen LogP contribution is 2.23. The van der Waals surface area contributed by atoms with E-state index in [9.17, 15) is 19.2 Å². The molecule has 9 heteroatoms. The number of urea groups is 1. The number of hydrazone groups is 1.